The summed E-state index contributed by atoms with van der Waals surface area (Å²) in [6.45, 7) is 8.59. The van der Waals surface area contributed by atoms with Gasteiger partial charge in [-0.3, -0.25) is 9.69 Å². The van der Waals surface area contributed by atoms with Crippen molar-refractivity contribution in [3.05, 3.63) is 0 Å². The molecule has 2 fully saturated rings. The van der Waals surface area contributed by atoms with Crippen molar-refractivity contribution in [2.45, 2.75) is 39.2 Å². The Bertz CT molecular complexity index is 277. The number of ether oxygens (including phenoxy) is 1. The first-order valence-corrected chi connectivity index (χ1v) is 6.79. The first kappa shape index (κ1) is 12.8. The van der Waals surface area contributed by atoms with Crippen molar-refractivity contribution >= 4 is 5.97 Å². The van der Waals surface area contributed by atoms with Gasteiger partial charge in [0.2, 0.25) is 0 Å². The summed E-state index contributed by atoms with van der Waals surface area (Å²) in [4.78, 5) is 14.5. The van der Waals surface area contributed by atoms with E-state index in [1.807, 2.05) is 6.92 Å². The van der Waals surface area contributed by atoms with Crippen molar-refractivity contribution in [3.63, 3.8) is 0 Å². The lowest BCUT2D eigenvalue weighted by Gasteiger charge is -2.44. The van der Waals surface area contributed by atoms with Gasteiger partial charge in [-0.25, -0.2) is 0 Å². The third-order valence-electron chi connectivity index (χ3n) is 4.00. The third kappa shape index (κ3) is 2.80. The number of carbonyl (C=O) groups is 1. The minimum atomic E-state index is -0.187. The van der Waals surface area contributed by atoms with E-state index in [1.165, 1.54) is 6.42 Å². The van der Waals surface area contributed by atoms with Crippen LogP contribution in [0, 0.1) is 5.41 Å². The molecule has 0 aromatic carbocycles. The summed E-state index contributed by atoms with van der Waals surface area (Å²) in [5, 5.41) is 3.43. The van der Waals surface area contributed by atoms with Gasteiger partial charge in [-0.05, 0) is 26.7 Å². The van der Waals surface area contributed by atoms with Crippen LogP contribution in [0.3, 0.4) is 0 Å². The molecular weight excluding hydrogens is 216 g/mol. The standard InChI is InChI=1S/C13H24N2O2/c1-3-17-12(16)13(5-4-6-13)10-15-8-7-14-11(2)9-15/h11,14H,3-10H2,1-2H3/t11-/m1/s1. The zero-order valence-electron chi connectivity index (χ0n) is 11.0. The second kappa shape index (κ2) is 5.36. The Balaban J connectivity index is 1.92. The van der Waals surface area contributed by atoms with E-state index in [2.05, 4.69) is 17.1 Å². The Morgan fingerprint density at radius 3 is 2.82 bits per heavy atom. The molecule has 0 aromatic rings. The number of nitrogens with zero attached hydrogens (tertiary/aromatic N) is 1. The van der Waals surface area contributed by atoms with Crippen molar-refractivity contribution in [1.29, 1.82) is 0 Å². The number of nitrogens with one attached hydrogen (secondary N) is 1. The average molecular weight is 240 g/mol. The zero-order chi connectivity index (χ0) is 12.3. The SMILES string of the molecule is CCOC(=O)C1(CN2CCN[C@H](C)C2)CCC1. The summed E-state index contributed by atoms with van der Waals surface area (Å²) in [6, 6.07) is 0.531. The summed E-state index contributed by atoms with van der Waals surface area (Å²) in [6.07, 6.45) is 3.18. The molecule has 1 aliphatic carbocycles. The van der Waals surface area contributed by atoms with E-state index in [0.717, 1.165) is 39.0 Å². The fraction of sp³-hybridized carbons (Fsp3) is 0.923. The molecule has 17 heavy (non-hydrogen) atoms. The maximum absolute atomic E-state index is 12.0. The van der Waals surface area contributed by atoms with Crippen molar-refractivity contribution in [2.24, 2.45) is 5.41 Å². The highest BCUT2D eigenvalue weighted by Gasteiger charge is 2.46. The smallest absolute Gasteiger partial charge is 0.313 e. The molecule has 2 aliphatic rings. The molecule has 1 heterocycles. The van der Waals surface area contributed by atoms with Crippen LogP contribution < -0.4 is 5.32 Å². The lowest BCUT2D eigenvalue weighted by Crippen LogP contribution is -2.55. The summed E-state index contributed by atoms with van der Waals surface area (Å²) >= 11 is 0. The second-order valence-electron chi connectivity index (χ2n) is 5.44. The Morgan fingerprint density at radius 2 is 2.29 bits per heavy atom. The Labute approximate surface area is 104 Å². The first-order chi connectivity index (χ1) is 8.16. The van der Waals surface area contributed by atoms with Gasteiger partial charge in [-0.15, -0.1) is 0 Å². The lowest BCUT2D eigenvalue weighted by atomic mass is 9.68. The van der Waals surface area contributed by atoms with E-state index in [1.54, 1.807) is 0 Å². The number of rotatable bonds is 4. The number of piperazine rings is 1. The molecular formula is C13H24N2O2. The van der Waals surface area contributed by atoms with Crippen molar-refractivity contribution in [3.8, 4) is 0 Å². The maximum Gasteiger partial charge on any atom is 0.313 e. The van der Waals surface area contributed by atoms with Gasteiger partial charge in [0.15, 0.2) is 0 Å². The van der Waals surface area contributed by atoms with Crippen LogP contribution in [0.1, 0.15) is 33.1 Å². The molecule has 0 bridgehead atoms. The Kier molecular flexibility index (Phi) is 4.05. The molecule has 0 spiro atoms. The summed E-state index contributed by atoms with van der Waals surface area (Å²) in [5.74, 6) is 0.0254. The Morgan fingerprint density at radius 1 is 1.53 bits per heavy atom. The molecule has 98 valence electrons. The van der Waals surface area contributed by atoms with Crippen LogP contribution in [0.2, 0.25) is 0 Å². The van der Waals surface area contributed by atoms with Crippen LogP contribution in [0.4, 0.5) is 0 Å². The van der Waals surface area contributed by atoms with Gasteiger partial charge in [0.05, 0.1) is 12.0 Å². The highest BCUT2D eigenvalue weighted by Crippen LogP contribution is 2.42. The fourth-order valence-electron chi connectivity index (χ4n) is 2.90. The predicted molar refractivity (Wildman–Crippen MR) is 66.8 cm³/mol. The minimum Gasteiger partial charge on any atom is -0.466 e. The zero-order valence-corrected chi connectivity index (χ0v) is 11.0. The molecule has 0 radical (unpaired) electrons. The van der Waals surface area contributed by atoms with Crippen molar-refractivity contribution in [2.75, 3.05) is 32.8 Å². The van der Waals surface area contributed by atoms with Crippen LogP contribution in [0.15, 0.2) is 0 Å². The van der Waals surface area contributed by atoms with E-state index in [9.17, 15) is 4.79 Å². The van der Waals surface area contributed by atoms with Gasteiger partial charge < -0.3 is 10.1 Å². The van der Waals surface area contributed by atoms with Gasteiger partial charge in [-0.2, -0.15) is 0 Å². The van der Waals surface area contributed by atoms with Gasteiger partial charge in [0.25, 0.3) is 0 Å². The highest BCUT2D eigenvalue weighted by molar-refractivity contribution is 5.78. The monoisotopic (exact) mass is 240 g/mol. The second-order valence-corrected chi connectivity index (χ2v) is 5.44. The molecule has 0 amide bonds. The minimum absolute atomic E-state index is 0.0254. The van der Waals surface area contributed by atoms with Crippen LogP contribution >= 0.6 is 0 Å². The van der Waals surface area contributed by atoms with E-state index < -0.39 is 0 Å². The molecule has 2 rings (SSSR count). The Hall–Kier alpha value is -0.610. The van der Waals surface area contributed by atoms with Crippen molar-refractivity contribution in [1.82, 2.24) is 10.2 Å². The van der Waals surface area contributed by atoms with E-state index in [4.69, 9.17) is 4.74 Å². The molecule has 4 heteroatoms. The first-order valence-electron chi connectivity index (χ1n) is 6.79. The summed E-state index contributed by atoms with van der Waals surface area (Å²) in [7, 11) is 0. The van der Waals surface area contributed by atoms with Gasteiger partial charge >= 0.3 is 5.97 Å². The van der Waals surface area contributed by atoms with E-state index in [-0.39, 0.29) is 11.4 Å². The molecule has 0 aromatic heterocycles. The molecule has 0 unspecified atom stereocenters. The van der Waals surface area contributed by atoms with E-state index >= 15 is 0 Å². The fourth-order valence-corrected chi connectivity index (χ4v) is 2.90. The maximum atomic E-state index is 12.0. The van der Waals surface area contributed by atoms with Gasteiger partial charge in [0.1, 0.15) is 0 Å². The molecule has 1 atom stereocenters. The van der Waals surface area contributed by atoms with Crippen LogP contribution in [-0.2, 0) is 9.53 Å². The van der Waals surface area contributed by atoms with Gasteiger partial charge in [-0.1, -0.05) is 6.42 Å². The summed E-state index contributed by atoms with van der Waals surface area (Å²) < 4.78 is 5.24. The molecule has 1 saturated carbocycles. The van der Waals surface area contributed by atoms with Crippen molar-refractivity contribution < 1.29 is 9.53 Å². The van der Waals surface area contributed by atoms with Crippen LogP contribution in [0.25, 0.3) is 0 Å². The molecule has 4 nitrogen and oxygen atoms in total. The van der Waals surface area contributed by atoms with Crippen LogP contribution in [0.5, 0.6) is 0 Å². The molecule has 1 N–H and O–H groups in total. The molecule has 1 saturated heterocycles. The third-order valence-corrected chi connectivity index (χ3v) is 4.00. The number of hydrogen-bond acceptors (Lipinski definition) is 4. The quantitative estimate of drug-likeness (QED) is 0.745. The number of hydrogen-bond donors (Lipinski definition) is 1. The summed E-state index contributed by atoms with van der Waals surface area (Å²) in [5.41, 5.74) is -0.187. The van der Waals surface area contributed by atoms with E-state index in [0.29, 0.717) is 12.6 Å². The molecule has 1 aliphatic heterocycles. The number of esters is 1. The lowest BCUT2D eigenvalue weighted by molar-refractivity contribution is -0.163. The normalized spacial score (nSPS) is 28.5. The number of carbonyl (C=O) groups excluding carboxylic acids is 1. The average Bonchev–Trinajstić information content (AvgIpc) is 2.24. The van der Waals surface area contributed by atoms with Crippen LogP contribution in [-0.4, -0.2) is 49.7 Å². The predicted octanol–water partition coefficient (Wildman–Crippen LogP) is 1.01. The largest absolute Gasteiger partial charge is 0.466 e. The highest BCUT2D eigenvalue weighted by atomic mass is 16.5. The van der Waals surface area contributed by atoms with Gasteiger partial charge in [0, 0.05) is 32.2 Å². The topological polar surface area (TPSA) is 41.6 Å².